The van der Waals surface area contributed by atoms with E-state index in [1.54, 1.807) is 5.51 Å². The average molecular weight is 452 g/mol. The van der Waals surface area contributed by atoms with E-state index in [1.807, 2.05) is 54.6 Å². The molecule has 1 heterocycles. The summed E-state index contributed by atoms with van der Waals surface area (Å²) in [5.41, 5.74) is 16.1. The van der Waals surface area contributed by atoms with Crippen molar-refractivity contribution in [1.82, 2.24) is 14.7 Å². The fourth-order valence-electron chi connectivity index (χ4n) is 3.41. The Balaban J connectivity index is 1.66. The van der Waals surface area contributed by atoms with Crippen LogP contribution in [0.2, 0.25) is 0 Å². The summed E-state index contributed by atoms with van der Waals surface area (Å²) in [5.74, 6) is 0.321. The number of carbonyl (C=O) groups excluding carboxylic acids is 2. The highest BCUT2D eigenvalue weighted by Crippen LogP contribution is 2.17. The third-order valence-corrected chi connectivity index (χ3v) is 5.76. The van der Waals surface area contributed by atoms with Crippen molar-refractivity contribution >= 4 is 23.2 Å². The number of Topliss-reactive ketones (excluding diaryl/α,β-unsaturated/α-hetero) is 1. The number of nitrogens with two attached hydrogens (primary N) is 2. The minimum atomic E-state index is -0.671. The summed E-state index contributed by atoms with van der Waals surface area (Å²) in [5, 5.41) is 2.88. The van der Waals surface area contributed by atoms with Gasteiger partial charge in [0.25, 0.3) is 0 Å². The smallest absolute Gasteiger partial charge is 0.237 e. The summed E-state index contributed by atoms with van der Waals surface area (Å²) in [6.07, 6.45) is 2.58. The highest BCUT2D eigenvalue weighted by atomic mass is 32.1. The molecule has 3 aromatic rings. The summed E-state index contributed by atoms with van der Waals surface area (Å²) in [4.78, 5) is 29.9. The van der Waals surface area contributed by atoms with Crippen LogP contribution in [0.1, 0.15) is 30.4 Å². The minimum Gasteiger partial charge on any atom is -0.345 e. The van der Waals surface area contributed by atoms with Gasteiger partial charge in [0.05, 0.1) is 12.1 Å². The van der Waals surface area contributed by atoms with Crippen LogP contribution in [-0.2, 0) is 22.4 Å². The summed E-state index contributed by atoms with van der Waals surface area (Å²) in [6.45, 7) is 0.476. The van der Waals surface area contributed by atoms with Crippen molar-refractivity contribution in [2.24, 2.45) is 11.5 Å². The molecule has 1 amide bonds. The van der Waals surface area contributed by atoms with Crippen LogP contribution >= 0.6 is 11.5 Å². The van der Waals surface area contributed by atoms with E-state index in [4.69, 9.17) is 11.5 Å². The Labute approximate surface area is 192 Å². The number of aryl methyl sites for hydroxylation is 1. The SMILES string of the molecule is NCCC[C@H](N)C(=O)N[C@H](CCc1ccccc1)C(=O)Cc1ccc(-c2ncsn2)cc1. The van der Waals surface area contributed by atoms with Gasteiger partial charge in [-0.2, -0.15) is 4.37 Å². The topological polar surface area (TPSA) is 124 Å². The highest BCUT2D eigenvalue weighted by Gasteiger charge is 2.23. The molecule has 1 aromatic heterocycles. The Hall–Kier alpha value is -2.94. The van der Waals surface area contributed by atoms with Crippen molar-refractivity contribution in [2.45, 2.75) is 44.2 Å². The quantitative estimate of drug-likeness (QED) is 0.389. The molecule has 0 aliphatic rings. The van der Waals surface area contributed by atoms with E-state index < -0.39 is 12.1 Å². The molecule has 0 saturated heterocycles. The molecular weight excluding hydrogens is 422 g/mol. The van der Waals surface area contributed by atoms with E-state index >= 15 is 0 Å². The molecular formula is C24H29N5O2S. The third-order valence-electron chi connectivity index (χ3n) is 5.28. The number of nitrogens with zero attached hydrogens (tertiary/aromatic N) is 2. The number of hydrogen-bond donors (Lipinski definition) is 3. The molecule has 7 nitrogen and oxygen atoms in total. The van der Waals surface area contributed by atoms with E-state index in [9.17, 15) is 9.59 Å². The van der Waals surface area contributed by atoms with Gasteiger partial charge in [0.1, 0.15) is 5.51 Å². The first-order valence-corrected chi connectivity index (χ1v) is 11.6. The number of aromatic nitrogens is 2. The molecule has 0 aliphatic carbocycles. The summed E-state index contributed by atoms with van der Waals surface area (Å²) in [7, 11) is 0. The standard InChI is InChI=1S/C24H29N5O2S/c25-14-4-7-20(26)24(31)28-21(13-10-17-5-2-1-3-6-17)22(30)15-18-8-11-19(12-9-18)23-27-16-32-29-23/h1-3,5-6,8-9,11-12,16,20-21H,4,7,10,13-15,25-26H2,(H,28,31)/t20-,21+/m0/s1. The lowest BCUT2D eigenvalue weighted by atomic mass is 9.96. The van der Waals surface area contributed by atoms with E-state index in [-0.39, 0.29) is 18.1 Å². The predicted octanol–water partition coefficient (Wildman–Crippen LogP) is 2.50. The molecule has 0 aliphatic heterocycles. The van der Waals surface area contributed by atoms with Crippen LogP contribution in [0.25, 0.3) is 11.4 Å². The summed E-state index contributed by atoms with van der Waals surface area (Å²) >= 11 is 1.30. The number of hydrogen-bond acceptors (Lipinski definition) is 7. The van der Waals surface area contributed by atoms with Crippen molar-refractivity contribution in [2.75, 3.05) is 6.54 Å². The van der Waals surface area contributed by atoms with Crippen LogP contribution in [0.5, 0.6) is 0 Å². The van der Waals surface area contributed by atoms with Gasteiger partial charge in [-0.05, 0) is 54.9 Å². The van der Waals surface area contributed by atoms with E-state index in [0.29, 0.717) is 38.1 Å². The molecule has 32 heavy (non-hydrogen) atoms. The molecule has 0 spiro atoms. The number of ketones is 1. The number of carbonyl (C=O) groups is 2. The number of benzene rings is 2. The van der Waals surface area contributed by atoms with Gasteiger partial charge in [0.15, 0.2) is 11.6 Å². The second-order valence-corrected chi connectivity index (χ2v) is 8.32. The lowest BCUT2D eigenvalue weighted by Gasteiger charge is -2.20. The van der Waals surface area contributed by atoms with Gasteiger partial charge < -0.3 is 16.8 Å². The van der Waals surface area contributed by atoms with Gasteiger partial charge in [-0.15, -0.1) is 0 Å². The van der Waals surface area contributed by atoms with Gasteiger partial charge in [0, 0.05) is 12.0 Å². The lowest BCUT2D eigenvalue weighted by molar-refractivity contribution is -0.128. The molecule has 168 valence electrons. The molecule has 5 N–H and O–H groups in total. The van der Waals surface area contributed by atoms with Crippen LogP contribution in [0.3, 0.4) is 0 Å². The van der Waals surface area contributed by atoms with Gasteiger partial charge in [-0.3, -0.25) is 9.59 Å². The molecule has 0 saturated carbocycles. The van der Waals surface area contributed by atoms with Crippen molar-refractivity contribution in [3.8, 4) is 11.4 Å². The van der Waals surface area contributed by atoms with Crippen LogP contribution < -0.4 is 16.8 Å². The first kappa shape index (κ1) is 23.7. The fourth-order valence-corrected chi connectivity index (χ4v) is 3.86. The van der Waals surface area contributed by atoms with Gasteiger partial charge in [-0.1, -0.05) is 54.6 Å². The normalized spacial score (nSPS) is 12.8. The zero-order valence-electron chi connectivity index (χ0n) is 17.9. The largest absolute Gasteiger partial charge is 0.345 e. The zero-order valence-corrected chi connectivity index (χ0v) is 18.8. The van der Waals surface area contributed by atoms with Crippen LogP contribution in [0.15, 0.2) is 60.1 Å². The fraction of sp³-hybridized carbons (Fsp3) is 0.333. The summed E-state index contributed by atoms with van der Waals surface area (Å²) < 4.78 is 4.23. The highest BCUT2D eigenvalue weighted by molar-refractivity contribution is 7.03. The Morgan fingerprint density at radius 2 is 1.75 bits per heavy atom. The molecule has 0 bridgehead atoms. The maximum absolute atomic E-state index is 13.1. The molecule has 0 fully saturated rings. The summed E-state index contributed by atoms with van der Waals surface area (Å²) in [6, 6.07) is 16.3. The van der Waals surface area contributed by atoms with Crippen molar-refractivity contribution < 1.29 is 9.59 Å². The number of amides is 1. The van der Waals surface area contributed by atoms with Crippen LogP contribution in [0, 0.1) is 0 Å². The van der Waals surface area contributed by atoms with E-state index in [1.165, 1.54) is 11.5 Å². The molecule has 0 radical (unpaired) electrons. The third kappa shape index (κ3) is 7.05. The molecule has 2 atom stereocenters. The Bertz CT molecular complexity index is 977. The zero-order chi connectivity index (χ0) is 22.8. The van der Waals surface area contributed by atoms with Crippen molar-refractivity contribution in [3.05, 3.63) is 71.2 Å². The van der Waals surface area contributed by atoms with Gasteiger partial charge in [0.2, 0.25) is 5.91 Å². The van der Waals surface area contributed by atoms with Crippen molar-refractivity contribution in [1.29, 1.82) is 0 Å². The molecule has 2 aromatic carbocycles. The van der Waals surface area contributed by atoms with E-state index in [0.717, 1.165) is 16.7 Å². The molecule has 3 rings (SSSR count). The van der Waals surface area contributed by atoms with Gasteiger partial charge >= 0.3 is 0 Å². The minimum absolute atomic E-state index is 0.0418. The Kier molecular flexibility index (Phi) is 9.03. The first-order chi connectivity index (χ1) is 15.6. The maximum atomic E-state index is 13.1. The maximum Gasteiger partial charge on any atom is 0.237 e. The van der Waals surface area contributed by atoms with Gasteiger partial charge in [-0.25, -0.2) is 4.98 Å². The second-order valence-electron chi connectivity index (χ2n) is 7.72. The van der Waals surface area contributed by atoms with E-state index in [2.05, 4.69) is 14.7 Å². The number of nitrogens with one attached hydrogen (secondary N) is 1. The predicted molar refractivity (Wildman–Crippen MR) is 127 cm³/mol. The van der Waals surface area contributed by atoms with Crippen LogP contribution in [0.4, 0.5) is 0 Å². The first-order valence-electron chi connectivity index (χ1n) is 10.7. The average Bonchev–Trinajstić information content (AvgIpc) is 3.36. The van der Waals surface area contributed by atoms with Crippen LogP contribution in [-0.4, -0.2) is 39.7 Å². The molecule has 8 heteroatoms. The monoisotopic (exact) mass is 451 g/mol. The molecule has 0 unspecified atom stereocenters. The number of rotatable bonds is 12. The lowest BCUT2D eigenvalue weighted by Crippen LogP contribution is -2.49. The Morgan fingerprint density at radius 1 is 1.00 bits per heavy atom. The second kappa shape index (κ2) is 12.2. The Morgan fingerprint density at radius 3 is 2.41 bits per heavy atom. The van der Waals surface area contributed by atoms with Crippen molar-refractivity contribution in [3.63, 3.8) is 0 Å².